The third kappa shape index (κ3) is 7.56. The minimum Gasteiger partial charge on any atom is -0.480 e. The summed E-state index contributed by atoms with van der Waals surface area (Å²) in [5.74, 6) is -1.70. The lowest BCUT2D eigenvalue weighted by Crippen LogP contribution is -2.53. The summed E-state index contributed by atoms with van der Waals surface area (Å²) in [6.07, 6.45) is 0.833. The normalized spacial score (nSPS) is 13.3. The molecule has 1 rings (SSSR count). The highest BCUT2D eigenvalue weighted by Gasteiger charge is 2.33. The zero-order valence-electron chi connectivity index (χ0n) is 17.0. The van der Waals surface area contributed by atoms with Crippen LogP contribution in [-0.2, 0) is 14.3 Å². The molecule has 0 spiro atoms. The molecule has 8 heteroatoms. The number of nitrogens with zero attached hydrogens (tertiary/aromatic N) is 1. The highest BCUT2D eigenvalue weighted by Crippen LogP contribution is 2.21. The highest BCUT2D eigenvalue weighted by atomic mass is 16.6. The summed E-state index contributed by atoms with van der Waals surface area (Å²) in [5, 5.41) is 11.9. The number of carboxylic acids is 1. The van der Waals surface area contributed by atoms with E-state index in [1.807, 2.05) is 0 Å². The Morgan fingerprint density at radius 3 is 2.29 bits per heavy atom. The van der Waals surface area contributed by atoms with Crippen molar-refractivity contribution in [3.05, 3.63) is 30.3 Å². The third-order valence-electron chi connectivity index (χ3n) is 3.95. The molecule has 0 heterocycles. The largest absolute Gasteiger partial charge is 0.480 e. The van der Waals surface area contributed by atoms with E-state index in [9.17, 15) is 19.5 Å². The van der Waals surface area contributed by atoms with Gasteiger partial charge in [-0.1, -0.05) is 18.2 Å². The highest BCUT2D eigenvalue weighted by molar-refractivity contribution is 5.98. The Bertz CT molecular complexity index is 658. The molecule has 4 N–H and O–H groups in total. The molecule has 28 heavy (non-hydrogen) atoms. The number of ether oxygens (including phenoxy) is 1. The lowest BCUT2D eigenvalue weighted by atomic mass is 10.1. The maximum atomic E-state index is 12.7. The number of anilines is 1. The number of nitrogens with two attached hydrogens (primary N) is 1. The number of nitrogens with one attached hydrogen (secondary N) is 1. The molecular formula is C20H31N3O5. The topological polar surface area (TPSA) is 122 Å². The fourth-order valence-corrected chi connectivity index (χ4v) is 2.55. The molecule has 0 radical (unpaired) electrons. The number of carboxylic acid groups (broad SMARTS) is 1. The Kier molecular flexibility index (Phi) is 8.91. The van der Waals surface area contributed by atoms with Crippen molar-refractivity contribution in [3.63, 3.8) is 0 Å². The number of carbonyl (C=O) groups is 3. The van der Waals surface area contributed by atoms with E-state index in [0.717, 1.165) is 0 Å². The molecule has 2 atom stereocenters. The molecular weight excluding hydrogens is 362 g/mol. The molecule has 0 aromatic heterocycles. The van der Waals surface area contributed by atoms with E-state index in [2.05, 4.69) is 5.32 Å². The summed E-state index contributed by atoms with van der Waals surface area (Å²) in [6.45, 7) is 7.19. The molecule has 0 aliphatic rings. The summed E-state index contributed by atoms with van der Waals surface area (Å²) in [4.78, 5) is 38.1. The molecule has 0 aliphatic carbocycles. The van der Waals surface area contributed by atoms with Crippen LogP contribution in [0.4, 0.5) is 10.5 Å². The van der Waals surface area contributed by atoms with E-state index in [1.54, 1.807) is 51.1 Å². The van der Waals surface area contributed by atoms with Crippen LogP contribution < -0.4 is 16.0 Å². The molecule has 8 nitrogen and oxygen atoms in total. The van der Waals surface area contributed by atoms with Gasteiger partial charge in [-0.2, -0.15) is 0 Å². The zero-order valence-corrected chi connectivity index (χ0v) is 17.0. The Morgan fingerprint density at radius 1 is 1.18 bits per heavy atom. The van der Waals surface area contributed by atoms with Crippen molar-refractivity contribution in [1.82, 2.24) is 5.32 Å². The van der Waals surface area contributed by atoms with Crippen LogP contribution in [-0.4, -0.2) is 47.3 Å². The molecule has 1 aromatic carbocycles. The summed E-state index contributed by atoms with van der Waals surface area (Å²) in [5.41, 5.74) is 5.17. The van der Waals surface area contributed by atoms with Gasteiger partial charge in [0.25, 0.3) is 0 Å². The molecule has 156 valence electrons. The van der Waals surface area contributed by atoms with Crippen LogP contribution in [0.1, 0.15) is 47.0 Å². The summed E-state index contributed by atoms with van der Waals surface area (Å²) in [6, 6.07) is 6.63. The first-order valence-corrected chi connectivity index (χ1v) is 9.37. The van der Waals surface area contributed by atoms with Gasteiger partial charge in [0.05, 0.1) is 0 Å². The molecule has 2 amide bonds. The third-order valence-corrected chi connectivity index (χ3v) is 3.95. The molecule has 1 aromatic rings. The number of aliphatic carboxylic acids is 1. The van der Waals surface area contributed by atoms with Crippen LogP contribution >= 0.6 is 0 Å². The number of carbonyl (C=O) groups excluding carboxylic acids is 2. The minimum absolute atomic E-state index is 0.267. The van der Waals surface area contributed by atoms with Crippen LogP contribution in [0.2, 0.25) is 0 Å². The SMILES string of the molecule is CC(C(=O)NC(CCCCN)C(=O)O)N(C(=O)OC(C)(C)C)c1ccccc1. The van der Waals surface area contributed by atoms with Crippen molar-refractivity contribution in [3.8, 4) is 0 Å². The molecule has 0 fully saturated rings. The van der Waals surface area contributed by atoms with Gasteiger partial charge in [0.2, 0.25) is 5.91 Å². The lowest BCUT2D eigenvalue weighted by molar-refractivity contribution is -0.142. The van der Waals surface area contributed by atoms with Gasteiger partial charge in [-0.15, -0.1) is 0 Å². The van der Waals surface area contributed by atoms with E-state index in [1.165, 1.54) is 11.8 Å². The quantitative estimate of drug-likeness (QED) is 0.554. The van der Waals surface area contributed by atoms with Crippen LogP contribution in [0.25, 0.3) is 0 Å². The fraction of sp³-hybridized carbons (Fsp3) is 0.550. The van der Waals surface area contributed by atoms with Gasteiger partial charge >= 0.3 is 12.1 Å². The lowest BCUT2D eigenvalue weighted by Gasteiger charge is -2.31. The van der Waals surface area contributed by atoms with Gasteiger partial charge in [-0.05, 0) is 65.6 Å². The number of benzene rings is 1. The van der Waals surface area contributed by atoms with Crippen molar-refractivity contribution in [1.29, 1.82) is 0 Å². The molecule has 2 unspecified atom stereocenters. The van der Waals surface area contributed by atoms with Crippen LogP contribution in [0.3, 0.4) is 0 Å². The van der Waals surface area contributed by atoms with Gasteiger partial charge in [0, 0.05) is 5.69 Å². The van der Waals surface area contributed by atoms with Crippen LogP contribution in [0, 0.1) is 0 Å². The summed E-state index contributed by atoms with van der Waals surface area (Å²) >= 11 is 0. The second kappa shape index (κ2) is 10.7. The Hall–Kier alpha value is -2.61. The van der Waals surface area contributed by atoms with Crippen LogP contribution in [0.5, 0.6) is 0 Å². The van der Waals surface area contributed by atoms with E-state index < -0.39 is 35.7 Å². The van der Waals surface area contributed by atoms with Gasteiger partial charge in [0.15, 0.2) is 0 Å². The predicted octanol–water partition coefficient (Wildman–Crippen LogP) is 2.52. The Labute approximate surface area is 166 Å². The molecule has 0 saturated heterocycles. The smallest absolute Gasteiger partial charge is 0.415 e. The number of hydrogen-bond acceptors (Lipinski definition) is 5. The van der Waals surface area contributed by atoms with Crippen molar-refractivity contribution in [2.24, 2.45) is 5.73 Å². The minimum atomic E-state index is -1.12. The fourth-order valence-electron chi connectivity index (χ4n) is 2.55. The van der Waals surface area contributed by atoms with Crippen molar-refractivity contribution < 1.29 is 24.2 Å². The van der Waals surface area contributed by atoms with Crippen molar-refractivity contribution in [2.45, 2.75) is 64.6 Å². The second-order valence-electron chi connectivity index (χ2n) is 7.55. The number of unbranched alkanes of at least 4 members (excludes halogenated alkanes) is 1. The zero-order chi connectivity index (χ0) is 21.3. The first kappa shape index (κ1) is 23.4. The van der Waals surface area contributed by atoms with E-state index >= 15 is 0 Å². The van der Waals surface area contributed by atoms with E-state index in [-0.39, 0.29) is 6.42 Å². The number of rotatable bonds is 9. The maximum Gasteiger partial charge on any atom is 0.415 e. The predicted molar refractivity (Wildman–Crippen MR) is 107 cm³/mol. The number of para-hydroxylation sites is 1. The van der Waals surface area contributed by atoms with Gasteiger partial charge < -0.3 is 20.9 Å². The number of hydrogen-bond donors (Lipinski definition) is 3. The maximum absolute atomic E-state index is 12.7. The second-order valence-corrected chi connectivity index (χ2v) is 7.55. The number of amides is 2. The molecule has 0 aliphatic heterocycles. The average Bonchev–Trinajstić information content (AvgIpc) is 2.60. The van der Waals surface area contributed by atoms with Crippen molar-refractivity contribution in [2.75, 3.05) is 11.4 Å². The summed E-state index contributed by atoms with van der Waals surface area (Å²) in [7, 11) is 0. The Balaban J connectivity index is 3.00. The van der Waals surface area contributed by atoms with E-state index in [4.69, 9.17) is 10.5 Å². The molecule has 0 bridgehead atoms. The average molecular weight is 393 g/mol. The van der Waals surface area contributed by atoms with Crippen LogP contribution in [0.15, 0.2) is 30.3 Å². The standard InChI is InChI=1S/C20H31N3O5/c1-14(17(24)22-16(18(25)26)12-8-9-13-21)23(15-10-6-5-7-11-15)19(27)28-20(2,3)4/h5-7,10-11,14,16H,8-9,12-13,21H2,1-4H3,(H,22,24)(H,25,26). The van der Waals surface area contributed by atoms with E-state index in [0.29, 0.717) is 25.1 Å². The van der Waals surface area contributed by atoms with Gasteiger partial charge in [-0.3, -0.25) is 9.69 Å². The summed E-state index contributed by atoms with van der Waals surface area (Å²) < 4.78 is 5.43. The van der Waals surface area contributed by atoms with Gasteiger partial charge in [0.1, 0.15) is 17.7 Å². The van der Waals surface area contributed by atoms with Gasteiger partial charge in [-0.25, -0.2) is 9.59 Å². The molecule has 0 saturated carbocycles. The first-order valence-electron chi connectivity index (χ1n) is 9.37. The monoisotopic (exact) mass is 393 g/mol. The Morgan fingerprint density at radius 2 is 1.79 bits per heavy atom. The first-order chi connectivity index (χ1) is 13.1. The van der Waals surface area contributed by atoms with Crippen molar-refractivity contribution >= 4 is 23.7 Å².